The molecule has 0 saturated heterocycles. The van der Waals surface area contributed by atoms with Crippen molar-refractivity contribution in [3.63, 3.8) is 0 Å². The van der Waals surface area contributed by atoms with E-state index in [1.54, 1.807) is 0 Å². The summed E-state index contributed by atoms with van der Waals surface area (Å²) < 4.78 is 4.61. The Bertz CT molecular complexity index is 172. The fourth-order valence-corrected chi connectivity index (χ4v) is 1.77. The maximum atomic E-state index is 11.1. The lowest BCUT2D eigenvalue weighted by atomic mass is 9.65. The second-order valence-electron chi connectivity index (χ2n) is 3.26. The molecule has 1 aliphatic rings. The van der Waals surface area contributed by atoms with Crippen LogP contribution in [-0.2, 0) is 9.53 Å². The molecule has 0 aromatic heterocycles. The Morgan fingerprint density at radius 1 is 1.58 bits per heavy atom. The van der Waals surface area contributed by atoms with Crippen LogP contribution in [0.1, 0.15) is 12.8 Å². The van der Waals surface area contributed by atoms with Gasteiger partial charge in [-0.25, -0.2) is 0 Å². The molecule has 1 aliphatic carbocycles. The topological polar surface area (TPSA) is 46.5 Å². The monoisotopic (exact) mass is 169 g/mol. The minimum atomic E-state index is -0.362. The number of aliphatic hydroxyl groups excluding tert-OH is 1. The molecule has 0 aromatic rings. The third kappa shape index (κ3) is 1.80. The summed E-state index contributed by atoms with van der Waals surface area (Å²) in [5.41, 5.74) is 0. The highest BCUT2D eigenvalue weighted by Gasteiger charge is 2.36. The lowest BCUT2D eigenvalue weighted by Gasteiger charge is -2.08. The molecule has 3 atom stereocenters. The van der Waals surface area contributed by atoms with Crippen LogP contribution in [0.3, 0.4) is 0 Å². The number of rotatable bonds is 2. The summed E-state index contributed by atoms with van der Waals surface area (Å²) in [7, 11) is 3.34. The molecule has 1 rings (SSSR count). The van der Waals surface area contributed by atoms with Crippen LogP contribution in [0, 0.1) is 5.92 Å². The van der Waals surface area contributed by atoms with Gasteiger partial charge in [0.15, 0.2) is 0 Å². The van der Waals surface area contributed by atoms with Crippen molar-refractivity contribution < 1.29 is 14.6 Å². The van der Waals surface area contributed by atoms with E-state index in [0.29, 0.717) is 6.42 Å². The fourth-order valence-electron chi connectivity index (χ4n) is 1.77. The number of carbonyl (C=O) groups excluding carboxylic acids is 1. The van der Waals surface area contributed by atoms with Gasteiger partial charge in [0.05, 0.1) is 19.1 Å². The first-order chi connectivity index (χ1) is 5.69. The minimum absolute atomic E-state index is 0.105. The van der Waals surface area contributed by atoms with Gasteiger partial charge in [-0.05, 0) is 18.7 Å². The van der Waals surface area contributed by atoms with Crippen molar-refractivity contribution in [1.82, 2.24) is 0 Å². The van der Waals surface area contributed by atoms with Crippen LogP contribution in [0.4, 0.5) is 0 Å². The molecule has 3 unspecified atom stereocenters. The molecule has 1 saturated carbocycles. The average Bonchev–Trinajstić information content (AvgIpc) is 2.45. The Morgan fingerprint density at radius 3 is 2.67 bits per heavy atom. The van der Waals surface area contributed by atoms with Crippen LogP contribution >= 0.6 is 0 Å². The van der Waals surface area contributed by atoms with Crippen LogP contribution < -0.4 is 0 Å². The summed E-state index contributed by atoms with van der Waals surface area (Å²) in [6.45, 7) is 1.91. The first-order valence-corrected chi connectivity index (χ1v) is 4.24. The van der Waals surface area contributed by atoms with Crippen molar-refractivity contribution in [1.29, 1.82) is 0 Å². The molecule has 0 spiro atoms. The maximum absolute atomic E-state index is 11.1. The molecule has 1 fully saturated rings. The minimum Gasteiger partial charge on any atom is -0.469 e. The maximum Gasteiger partial charge on any atom is 0.308 e. The van der Waals surface area contributed by atoms with E-state index in [-0.39, 0.29) is 23.8 Å². The van der Waals surface area contributed by atoms with E-state index in [0.717, 1.165) is 6.42 Å². The van der Waals surface area contributed by atoms with E-state index in [1.165, 1.54) is 7.11 Å². The van der Waals surface area contributed by atoms with Crippen LogP contribution in [0.2, 0.25) is 12.6 Å². The van der Waals surface area contributed by atoms with Gasteiger partial charge < -0.3 is 9.84 Å². The molecule has 12 heavy (non-hydrogen) atoms. The predicted octanol–water partition coefficient (Wildman–Crippen LogP) is 0.471. The Hall–Kier alpha value is -0.505. The second kappa shape index (κ2) is 3.94. The molecular formula is C8H14BO3. The van der Waals surface area contributed by atoms with Crippen LogP contribution in [0.25, 0.3) is 0 Å². The number of aliphatic hydroxyl groups is 1. The summed E-state index contributed by atoms with van der Waals surface area (Å²) >= 11 is 0. The standard InChI is InChI=1S/C8H14BO3/c1-9-6-3-5(4-7(6)10)8(11)12-2/h5-7,10H,3-4H2,1-2H3. The van der Waals surface area contributed by atoms with E-state index in [9.17, 15) is 9.90 Å². The van der Waals surface area contributed by atoms with Gasteiger partial charge in [-0.1, -0.05) is 6.82 Å². The van der Waals surface area contributed by atoms with E-state index in [2.05, 4.69) is 4.74 Å². The van der Waals surface area contributed by atoms with Gasteiger partial charge in [0, 0.05) is 0 Å². The summed E-state index contributed by atoms with van der Waals surface area (Å²) in [4.78, 5) is 11.1. The van der Waals surface area contributed by atoms with Crippen molar-refractivity contribution in [2.75, 3.05) is 7.11 Å². The number of esters is 1. The summed E-state index contributed by atoms with van der Waals surface area (Å²) in [6.07, 6.45) is 0.908. The van der Waals surface area contributed by atoms with E-state index in [1.807, 2.05) is 14.1 Å². The third-order valence-electron chi connectivity index (χ3n) is 2.54. The Balaban J connectivity index is 2.48. The molecule has 0 bridgehead atoms. The molecule has 1 radical (unpaired) electrons. The third-order valence-corrected chi connectivity index (χ3v) is 2.54. The SMILES string of the molecule is C[B]C1CC(C(=O)OC)CC1O. The number of hydrogen-bond donors (Lipinski definition) is 1. The van der Waals surface area contributed by atoms with Gasteiger partial charge in [-0.2, -0.15) is 0 Å². The summed E-state index contributed by atoms with van der Waals surface area (Å²) in [6, 6.07) is 0. The zero-order valence-corrected chi connectivity index (χ0v) is 7.49. The summed E-state index contributed by atoms with van der Waals surface area (Å²) in [5, 5.41) is 9.46. The zero-order valence-electron chi connectivity index (χ0n) is 7.49. The first kappa shape index (κ1) is 9.58. The van der Waals surface area contributed by atoms with Crippen LogP contribution in [0.5, 0.6) is 0 Å². The van der Waals surface area contributed by atoms with Crippen molar-refractivity contribution in [2.45, 2.75) is 31.6 Å². The lowest BCUT2D eigenvalue weighted by Crippen LogP contribution is -2.13. The lowest BCUT2D eigenvalue weighted by molar-refractivity contribution is -0.145. The molecule has 4 heteroatoms. The normalized spacial score (nSPS) is 34.8. The van der Waals surface area contributed by atoms with Crippen molar-refractivity contribution >= 4 is 13.2 Å². The largest absolute Gasteiger partial charge is 0.469 e. The van der Waals surface area contributed by atoms with E-state index < -0.39 is 0 Å². The Morgan fingerprint density at radius 2 is 2.25 bits per heavy atom. The first-order valence-electron chi connectivity index (χ1n) is 4.24. The highest BCUT2D eigenvalue weighted by Crippen LogP contribution is 2.35. The number of ether oxygens (including phenoxy) is 1. The number of hydrogen-bond acceptors (Lipinski definition) is 3. The van der Waals surface area contributed by atoms with E-state index >= 15 is 0 Å². The molecule has 0 heterocycles. The van der Waals surface area contributed by atoms with Crippen LogP contribution in [0.15, 0.2) is 0 Å². The average molecular weight is 169 g/mol. The Labute approximate surface area is 73.3 Å². The van der Waals surface area contributed by atoms with Crippen LogP contribution in [-0.4, -0.2) is 31.6 Å². The predicted molar refractivity (Wildman–Crippen MR) is 46.1 cm³/mol. The molecule has 67 valence electrons. The van der Waals surface area contributed by atoms with Gasteiger partial charge >= 0.3 is 5.97 Å². The van der Waals surface area contributed by atoms with Gasteiger partial charge in [0.2, 0.25) is 0 Å². The Kier molecular flexibility index (Phi) is 3.15. The van der Waals surface area contributed by atoms with Crippen molar-refractivity contribution in [2.24, 2.45) is 5.92 Å². The fraction of sp³-hybridized carbons (Fsp3) is 0.875. The molecule has 0 aromatic carbocycles. The quantitative estimate of drug-likeness (QED) is 0.482. The summed E-state index contributed by atoms with van der Waals surface area (Å²) in [5.74, 6) is -0.140. The molecule has 0 aliphatic heterocycles. The number of methoxy groups -OCH3 is 1. The van der Waals surface area contributed by atoms with Gasteiger partial charge in [0.25, 0.3) is 0 Å². The van der Waals surface area contributed by atoms with Gasteiger partial charge in [-0.15, -0.1) is 0 Å². The molecular weight excluding hydrogens is 155 g/mol. The van der Waals surface area contributed by atoms with Crippen molar-refractivity contribution in [3.8, 4) is 0 Å². The number of carbonyl (C=O) groups is 1. The zero-order chi connectivity index (χ0) is 9.14. The highest BCUT2D eigenvalue weighted by molar-refractivity contribution is 6.36. The smallest absolute Gasteiger partial charge is 0.308 e. The van der Waals surface area contributed by atoms with Crippen molar-refractivity contribution in [3.05, 3.63) is 0 Å². The second-order valence-corrected chi connectivity index (χ2v) is 3.26. The van der Waals surface area contributed by atoms with Gasteiger partial charge in [0.1, 0.15) is 7.28 Å². The molecule has 1 N–H and O–H groups in total. The molecule has 0 amide bonds. The highest BCUT2D eigenvalue weighted by atomic mass is 16.5. The van der Waals surface area contributed by atoms with E-state index in [4.69, 9.17) is 0 Å². The molecule has 3 nitrogen and oxygen atoms in total. The van der Waals surface area contributed by atoms with Gasteiger partial charge in [-0.3, -0.25) is 4.79 Å².